The number of hydrogen-bond acceptors (Lipinski definition) is 6. The molecule has 8 nitrogen and oxygen atoms in total. The molecule has 0 saturated carbocycles. The van der Waals surface area contributed by atoms with Gasteiger partial charge in [-0.15, -0.1) is 10.2 Å². The number of aromatic nitrogens is 2. The molecule has 3 heterocycles. The first-order valence-electron chi connectivity index (χ1n) is 5.96. The molecule has 0 bridgehead atoms. The van der Waals surface area contributed by atoms with E-state index in [4.69, 9.17) is 9.95 Å². The standard InChI is InChI=1S/C11H10N6O2S/c12-16-13-5-7-4-9(18)17(6-7)11-15-14-10(20-11)8-2-1-3-19-8/h1-3,7H,4-6H2. The molecule has 102 valence electrons. The van der Waals surface area contributed by atoms with Crippen molar-refractivity contribution in [2.75, 3.05) is 18.0 Å². The summed E-state index contributed by atoms with van der Waals surface area (Å²) in [5.74, 6) is 0.644. The second-order valence-electron chi connectivity index (χ2n) is 4.36. The molecule has 0 N–H and O–H groups in total. The van der Waals surface area contributed by atoms with Crippen LogP contribution in [0.5, 0.6) is 0 Å². The van der Waals surface area contributed by atoms with Gasteiger partial charge in [0, 0.05) is 24.4 Å². The van der Waals surface area contributed by atoms with Crippen molar-refractivity contribution in [1.82, 2.24) is 10.2 Å². The van der Waals surface area contributed by atoms with Gasteiger partial charge in [0.15, 0.2) is 10.8 Å². The lowest BCUT2D eigenvalue weighted by Crippen LogP contribution is -2.24. The molecule has 1 atom stereocenters. The molecule has 1 aliphatic heterocycles. The van der Waals surface area contributed by atoms with Gasteiger partial charge in [-0.1, -0.05) is 16.5 Å². The third-order valence-electron chi connectivity index (χ3n) is 2.99. The van der Waals surface area contributed by atoms with Crippen LogP contribution >= 0.6 is 11.3 Å². The molecule has 0 aliphatic carbocycles. The number of hydrogen-bond donors (Lipinski definition) is 0. The Balaban J connectivity index is 1.76. The normalized spacial score (nSPS) is 18.3. The SMILES string of the molecule is [N-]=[N+]=NCC1CC(=O)N(c2nnc(-c3ccco3)s2)C1. The van der Waals surface area contributed by atoms with Crippen molar-refractivity contribution in [3.63, 3.8) is 0 Å². The van der Waals surface area contributed by atoms with Crippen molar-refractivity contribution in [3.8, 4) is 10.8 Å². The van der Waals surface area contributed by atoms with Crippen LogP contribution in [-0.2, 0) is 4.79 Å². The summed E-state index contributed by atoms with van der Waals surface area (Å²) in [4.78, 5) is 16.3. The van der Waals surface area contributed by atoms with Gasteiger partial charge in [0.25, 0.3) is 0 Å². The number of rotatable bonds is 4. The first-order valence-corrected chi connectivity index (χ1v) is 6.78. The molecule has 0 spiro atoms. The zero-order valence-corrected chi connectivity index (χ0v) is 11.2. The molecule has 20 heavy (non-hydrogen) atoms. The number of nitrogens with zero attached hydrogens (tertiary/aromatic N) is 6. The molecule has 0 radical (unpaired) electrons. The summed E-state index contributed by atoms with van der Waals surface area (Å²) in [6.45, 7) is 0.827. The predicted molar refractivity (Wildman–Crippen MR) is 72.1 cm³/mol. The Morgan fingerprint density at radius 1 is 1.60 bits per heavy atom. The van der Waals surface area contributed by atoms with Crippen LogP contribution in [0.25, 0.3) is 21.2 Å². The van der Waals surface area contributed by atoms with Crippen molar-refractivity contribution >= 4 is 22.4 Å². The summed E-state index contributed by atoms with van der Waals surface area (Å²) in [5.41, 5.74) is 8.31. The molecule has 1 fully saturated rings. The Labute approximate surface area is 117 Å². The van der Waals surface area contributed by atoms with Crippen molar-refractivity contribution in [2.24, 2.45) is 11.0 Å². The highest BCUT2D eigenvalue weighted by molar-refractivity contribution is 7.18. The Hall–Kier alpha value is -2.38. The molecule has 9 heteroatoms. The molecule has 2 aromatic rings. The van der Waals surface area contributed by atoms with E-state index in [0.29, 0.717) is 35.4 Å². The maximum atomic E-state index is 12.0. The number of amides is 1. The Morgan fingerprint density at radius 2 is 2.50 bits per heavy atom. The molecule has 2 aromatic heterocycles. The van der Waals surface area contributed by atoms with Gasteiger partial charge in [0.05, 0.1) is 6.26 Å². The number of azide groups is 1. The number of carbonyl (C=O) groups is 1. The van der Waals surface area contributed by atoms with Crippen molar-refractivity contribution < 1.29 is 9.21 Å². The summed E-state index contributed by atoms with van der Waals surface area (Å²) >= 11 is 1.30. The van der Waals surface area contributed by atoms with Crippen LogP contribution in [0.4, 0.5) is 5.13 Å². The second-order valence-corrected chi connectivity index (χ2v) is 5.31. The average molecular weight is 290 g/mol. The minimum absolute atomic E-state index is 0.0229. The molecule has 3 rings (SSSR count). The minimum Gasteiger partial charge on any atom is -0.462 e. The first-order chi connectivity index (χ1) is 9.78. The highest BCUT2D eigenvalue weighted by Gasteiger charge is 2.32. The number of furan rings is 1. The summed E-state index contributed by atoms with van der Waals surface area (Å²) in [7, 11) is 0. The molecule has 0 aromatic carbocycles. The van der Waals surface area contributed by atoms with Crippen molar-refractivity contribution in [2.45, 2.75) is 6.42 Å². The topological polar surface area (TPSA) is 108 Å². The first kappa shape index (κ1) is 12.6. The predicted octanol–water partition coefficient (Wildman–Crippen LogP) is 2.46. The van der Waals surface area contributed by atoms with E-state index in [1.807, 2.05) is 0 Å². The van der Waals surface area contributed by atoms with Gasteiger partial charge >= 0.3 is 0 Å². The zero-order chi connectivity index (χ0) is 13.9. The summed E-state index contributed by atoms with van der Waals surface area (Å²) in [6.07, 6.45) is 1.93. The molecular formula is C11H10N6O2S. The van der Waals surface area contributed by atoms with E-state index in [-0.39, 0.29) is 11.8 Å². The quantitative estimate of drug-likeness (QED) is 0.489. The van der Waals surface area contributed by atoms with Gasteiger partial charge in [0.2, 0.25) is 11.0 Å². The smallest absolute Gasteiger partial charge is 0.229 e. The van der Waals surface area contributed by atoms with E-state index in [1.165, 1.54) is 11.3 Å². The molecule has 1 amide bonds. The Bertz CT molecular complexity index is 660. The largest absolute Gasteiger partial charge is 0.462 e. The zero-order valence-electron chi connectivity index (χ0n) is 10.3. The highest BCUT2D eigenvalue weighted by atomic mass is 32.1. The van der Waals surface area contributed by atoms with E-state index >= 15 is 0 Å². The summed E-state index contributed by atoms with van der Waals surface area (Å²) < 4.78 is 5.25. The fourth-order valence-electron chi connectivity index (χ4n) is 2.07. The van der Waals surface area contributed by atoms with E-state index in [1.54, 1.807) is 23.3 Å². The van der Waals surface area contributed by atoms with Gasteiger partial charge in [-0.3, -0.25) is 9.69 Å². The average Bonchev–Trinajstić information content (AvgIpc) is 3.16. The van der Waals surface area contributed by atoms with Gasteiger partial charge < -0.3 is 4.42 Å². The number of anilines is 1. The van der Waals surface area contributed by atoms with Crippen LogP contribution in [0, 0.1) is 5.92 Å². The van der Waals surface area contributed by atoms with Gasteiger partial charge in [0.1, 0.15) is 0 Å². The minimum atomic E-state index is -0.0229. The van der Waals surface area contributed by atoms with Crippen molar-refractivity contribution in [1.29, 1.82) is 0 Å². The van der Waals surface area contributed by atoms with Crippen LogP contribution in [0.3, 0.4) is 0 Å². The van der Waals surface area contributed by atoms with Crippen LogP contribution in [0.15, 0.2) is 27.9 Å². The van der Waals surface area contributed by atoms with E-state index in [2.05, 4.69) is 20.2 Å². The lowest BCUT2D eigenvalue weighted by Gasteiger charge is -2.10. The number of carbonyl (C=O) groups excluding carboxylic acids is 1. The van der Waals surface area contributed by atoms with E-state index in [9.17, 15) is 4.79 Å². The Kier molecular flexibility index (Phi) is 3.36. The van der Waals surface area contributed by atoms with Crippen LogP contribution in [0.2, 0.25) is 0 Å². The van der Waals surface area contributed by atoms with Gasteiger partial charge in [-0.05, 0) is 23.6 Å². The lowest BCUT2D eigenvalue weighted by atomic mass is 10.1. The second kappa shape index (κ2) is 5.32. The van der Waals surface area contributed by atoms with E-state index < -0.39 is 0 Å². The lowest BCUT2D eigenvalue weighted by molar-refractivity contribution is -0.117. The summed E-state index contributed by atoms with van der Waals surface area (Å²) in [6, 6.07) is 3.56. The molecular weight excluding hydrogens is 280 g/mol. The van der Waals surface area contributed by atoms with Crippen molar-refractivity contribution in [3.05, 3.63) is 28.8 Å². The van der Waals surface area contributed by atoms with E-state index in [0.717, 1.165) is 0 Å². The van der Waals surface area contributed by atoms with Crippen LogP contribution in [-0.4, -0.2) is 29.2 Å². The molecule has 1 aliphatic rings. The molecule has 1 unspecified atom stereocenters. The Morgan fingerprint density at radius 3 is 3.25 bits per heavy atom. The summed E-state index contributed by atoms with van der Waals surface area (Å²) in [5, 5.41) is 12.8. The monoisotopic (exact) mass is 290 g/mol. The fourth-order valence-corrected chi connectivity index (χ4v) is 2.90. The molecule has 1 saturated heterocycles. The van der Waals surface area contributed by atoms with Crippen LogP contribution in [0.1, 0.15) is 6.42 Å². The maximum Gasteiger partial charge on any atom is 0.229 e. The maximum absolute atomic E-state index is 12.0. The highest BCUT2D eigenvalue weighted by Crippen LogP contribution is 2.32. The van der Waals surface area contributed by atoms with Gasteiger partial charge in [-0.2, -0.15) is 0 Å². The third kappa shape index (κ3) is 2.36. The fraction of sp³-hybridized carbons (Fsp3) is 0.364. The van der Waals surface area contributed by atoms with Crippen LogP contribution < -0.4 is 4.90 Å². The van der Waals surface area contributed by atoms with Gasteiger partial charge in [-0.25, -0.2) is 0 Å². The third-order valence-corrected chi connectivity index (χ3v) is 3.95.